The highest BCUT2D eigenvalue weighted by Gasteiger charge is 2.33. The average Bonchev–Trinajstić information content (AvgIpc) is 3.20. The van der Waals surface area contributed by atoms with E-state index in [2.05, 4.69) is 20.8 Å². The molecule has 9 nitrogen and oxygen atoms in total. The number of likely N-dealkylation sites (N-methyl/N-ethyl adjacent to an activating group) is 1. The number of rotatable bonds is 7. The highest BCUT2D eigenvalue weighted by molar-refractivity contribution is 7.99. The summed E-state index contributed by atoms with van der Waals surface area (Å²) in [5, 5.41) is 23.1. The molecule has 32 heavy (non-hydrogen) atoms. The molecule has 0 aliphatic carbocycles. The molecular formula is C19H17F3N6O3S. The molecule has 2 amide bonds. The number of hydrogen-bond donors (Lipinski definition) is 2. The molecule has 0 atom stereocenters. The van der Waals surface area contributed by atoms with Crippen LogP contribution in [0, 0.1) is 0 Å². The van der Waals surface area contributed by atoms with Crippen LogP contribution in [0.25, 0.3) is 5.69 Å². The number of aromatic hydroxyl groups is 1. The number of phenols is 1. The molecule has 2 aromatic carbocycles. The number of alkyl halides is 3. The highest BCUT2D eigenvalue weighted by Crippen LogP contribution is 2.34. The molecule has 168 valence electrons. The van der Waals surface area contributed by atoms with Crippen molar-refractivity contribution < 1.29 is 27.9 Å². The van der Waals surface area contributed by atoms with E-state index in [1.165, 1.54) is 36.0 Å². The molecule has 1 aromatic heterocycles. The maximum absolute atomic E-state index is 13.1. The second kappa shape index (κ2) is 9.68. The van der Waals surface area contributed by atoms with Crippen LogP contribution < -0.4 is 5.32 Å². The Balaban J connectivity index is 1.57. The lowest BCUT2D eigenvalue weighted by molar-refractivity contribution is -0.137. The molecule has 0 unspecified atom stereocenters. The van der Waals surface area contributed by atoms with E-state index in [4.69, 9.17) is 0 Å². The summed E-state index contributed by atoms with van der Waals surface area (Å²) < 4.78 is 40.5. The summed E-state index contributed by atoms with van der Waals surface area (Å²) in [4.78, 5) is 25.6. The summed E-state index contributed by atoms with van der Waals surface area (Å²) >= 11 is 1.02. The SMILES string of the molecule is CN(CC(=O)Nc1ccccc1C(F)(F)F)C(=O)CSc1nnnn1-c1ccc(O)cc1. The standard InChI is InChI=1S/C19H17F3N6O3S/c1-27(10-16(30)23-15-5-3-2-4-14(15)19(20,21)22)17(31)11-32-18-24-25-26-28(18)12-6-8-13(29)9-7-12/h2-9,29H,10-11H2,1H3,(H,23,30). The van der Waals surface area contributed by atoms with Gasteiger partial charge in [-0.15, -0.1) is 5.10 Å². The Kier molecular flexibility index (Phi) is 6.98. The van der Waals surface area contributed by atoms with Crippen LogP contribution in [0.15, 0.2) is 53.7 Å². The highest BCUT2D eigenvalue weighted by atomic mass is 32.2. The Morgan fingerprint density at radius 2 is 1.84 bits per heavy atom. The Morgan fingerprint density at radius 3 is 2.53 bits per heavy atom. The summed E-state index contributed by atoms with van der Waals surface area (Å²) in [5.41, 5.74) is -0.786. The van der Waals surface area contributed by atoms with Crippen molar-refractivity contribution in [3.63, 3.8) is 0 Å². The molecule has 0 saturated heterocycles. The van der Waals surface area contributed by atoms with Gasteiger partial charge in [-0.1, -0.05) is 23.9 Å². The monoisotopic (exact) mass is 466 g/mol. The van der Waals surface area contributed by atoms with Crippen molar-refractivity contribution in [2.75, 3.05) is 24.7 Å². The van der Waals surface area contributed by atoms with Crippen LogP contribution in [0.3, 0.4) is 0 Å². The minimum atomic E-state index is -4.62. The fourth-order valence-electron chi connectivity index (χ4n) is 2.59. The third-order valence-corrected chi connectivity index (χ3v) is 5.08. The first-order valence-corrected chi connectivity index (χ1v) is 10.0. The molecule has 3 aromatic rings. The number of nitrogens with one attached hydrogen (secondary N) is 1. The normalized spacial score (nSPS) is 11.2. The van der Waals surface area contributed by atoms with Crippen molar-refractivity contribution in [3.05, 3.63) is 54.1 Å². The number of nitrogens with zero attached hydrogens (tertiary/aromatic N) is 5. The van der Waals surface area contributed by atoms with Gasteiger partial charge in [-0.05, 0) is 46.8 Å². The van der Waals surface area contributed by atoms with E-state index < -0.39 is 30.1 Å². The lowest BCUT2D eigenvalue weighted by atomic mass is 10.1. The average molecular weight is 466 g/mol. The molecule has 13 heteroatoms. The minimum absolute atomic E-state index is 0.0731. The Bertz CT molecular complexity index is 1100. The molecular weight excluding hydrogens is 449 g/mol. The van der Waals surface area contributed by atoms with Crippen molar-refractivity contribution in [1.82, 2.24) is 25.1 Å². The van der Waals surface area contributed by atoms with Gasteiger partial charge in [0.2, 0.25) is 17.0 Å². The summed E-state index contributed by atoms with van der Waals surface area (Å²) in [6.45, 7) is -0.436. The lowest BCUT2D eigenvalue weighted by Crippen LogP contribution is -2.36. The van der Waals surface area contributed by atoms with E-state index in [1.807, 2.05) is 0 Å². The number of phenolic OH excluding ortho intramolecular Hbond substituents is 1. The third-order valence-electron chi connectivity index (χ3n) is 4.17. The van der Waals surface area contributed by atoms with Crippen molar-refractivity contribution >= 4 is 29.3 Å². The first kappa shape index (κ1) is 23.1. The lowest BCUT2D eigenvalue weighted by Gasteiger charge is -2.18. The molecule has 0 aliphatic rings. The summed E-state index contributed by atoms with van der Waals surface area (Å²) in [5.74, 6) is -1.25. The van der Waals surface area contributed by atoms with Gasteiger partial charge in [0, 0.05) is 7.05 Å². The van der Waals surface area contributed by atoms with E-state index in [0.29, 0.717) is 10.8 Å². The first-order chi connectivity index (χ1) is 15.1. The third kappa shape index (κ3) is 5.75. The number of halogens is 3. The molecule has 1 heterocycles. The van der Waals surface area contributed by atoms with E-state index >= 15 is 0 Å². The van der Waals surface area contributed by atoms with Gasteiger partial charge in [-0.2, -0.15) is 17.9 Å². The molecule has 0 radical (unpaired) electrons. The van der Waals surface area contributed by atoms with E-state index in [0.717, 1.165) is 28.8 Å². The summed E-state index contributed by atoms with van der Waals surface area (Å²) in [6, 6.07) is 10.7. The Hall–Kier alpha value is -3.61. The number of amides is 2. The fourth-order valence-corrected chi connectivity index (χ4v) is 3.43. The molecule has 0 aliphatic heterocycles. The number of benzene rings is 2. The van der Waals surface area contributed by atoms with Gasteiger partial charge in [0.25, 0.3) is 0 Å². The topological polar surface area (TPSA) is 113 Å². The summed E-state index contributed by atoms with van der Waals surface area (Å²) in [7, 11) is 1.36. The number of thioether (sulfide) groups is 1. The van der Waals surface area contributed by atoms with Crippen LogP contribution in [0.5, 0.6) is 5.75 Å². The van der Waals surface area contributed by atoms with Crippen molar-refractivity contribution in [3.8, 4) is 11.4 Å². The van der Waals surface area contributed by atoms with Gasteiger partial charge in [0.1, 0.15) is 5.75 Å². The number of aromatic nitrogens is 4. The zero-order valence-corrected chi connectivity index (χ0v) is 17.4. The van der Waals surface area contributed by atoms with Gasteiger partial charge >= 0.3 is 6.18 Å². The maximum atomic E-state index is 13.1. The van der Waals surface area contributed by atoms with Gasteiger partial charge in [-0.25, -0.2) is 0 Å². The molecule has 0 spiro atoms. The molecule has 0 saturated carbocycles. The summed E-state index contributed by atoms with van der Waals surface area (Å²) in [6.07, 6.45) is -4.62. The second-order valence-electron chi connectivity index (χ2n) is 6.52. The van der Waals surface area contributed by atoms with E-state index in [9.17, 15) is 27.9 Å². The number of hydrogen-bond acceptors (Lipinski definition) is 7. The predicted molar refractivity (Wildman–Crippen MR) is 109 cm³/mol. The number of carbonyl (C=O) groups excluding carboxylic acids is 2. The largest absolute Gasteiger partial charge is 0.508 e. The van der Waals surface area contributed by atoms with Crippen molar-refractivity contribution in [1.29, 1.82) is 0 Å². The second-order valence-corrected chi connectivity index (χ2v) is 7.46. The van der Waals surface area contributed by atoms with E-state index in [1.54, 1.807) is 12.1 Å². The van der Waals surface area contributed by atoms with Gasteiger partial charge in [0.05, 0.1) is 29.2 Å². The van der Waals surface area contributed by atoms with Gasteiger partial charge in [-0.3, -0.25) is 9.59 Å². The van der Waals surface area contributed by atoms with E-state index in [-0.39, 0.29) is 17.2 Å². The zero-order chi connectivity index (χ0) is 23.3. The smallest absolute Gasteiger partial charge is 0.418 e. The number of tetrazole rings is 1. The Morgan fingerprint density at radius 1 is 1.16 bits per heavy atom. The number of para-hydroxylation sites is 1. The van der Waals surface area contributed by atoms with Crippen LogP contribution in [-0.4, -0.2) is 61.4 Å². The van der Waals surface area contributed by atoms with Crippen LogP contribution in [0.4, 0.5) is 18.9 Å². The van der Waals surface area contributed by atoms with Gasteiger partial charge < -0.3 is 15.3 Å². The van der Waals surface area contributed by atoms with Crippen LogP contribution >= 0.6 is 11.8 Å². The minimum Gasteiger partial charge on any atom is -0.508 e. The molecule has 3 rings (SSSR count). The number of carbonyl (C=O) groups is 2. The van der Waals surface area contributed by atoms with Crippen LogP contribution in [0.1, 0.15) is 5.56 Å². The maximum Gasteiger partial charge on any atom is 0.418 e. The zero-order valence-electron chi connectivity index (χ0n) is 16.6. The van der Waals surface area contributed by atoms with Crippen LogP contribution in [0.2, 0.25) is 0 Å². The molecule has 0 bridgehead atoms. The molecule has 0 fully saturated rings. The Labute approximate surface area is 184 Å². The van der Waals surface area contributed by atoms with Crippen molar-refractivity contribution in [2.45, 2.75) is 11.3 Å². The predicted octanol–water partition coefficient (Wildman–Crippen LogP) is 2.58. The van der Waals surface area contributed by atoms with Crippen molar-refractivity contribution in [2.24, 2.45) is 0 Å². The number of anilines is 1. The quantitative estimate of drug-likeness (QED) is 0.515. The van der Waals surface area contributed by atoms with Crippen LogP contribution in [-0.2, 0) is 15.8 Å². The first-order valence-electron chi connectivity index (χ1n) is 9.06. The fraction of sp³-hybridized carbons (Fsp3) is 0.211. The van der Waals surface area contributed by atoms with Gasteiger partial charge in [0.15, 0.2) is 0 Å². The molecule has 2 N–H and O–H groups in total.